The third-order valence-corrected chi connectivity index (χ3v) is 5.69. The van der Waals surface area contributed by atoms with Crippen LogP contribution in [0.5, 0.6) is 0 Å². The summed E-state index contributed by atoms with van der Waals surface area (Å²) < 4.78 is 5.66. The molecular weight excluding hydrogens is 376 g/mol. The summed E-state index contributed by atoms with van der Waals surface area (Å²) in [7, 11) is 0. The number of fused-ring (bicyclic) bond motifs is 1. The van der Waals surface area contributed by atoms with Gasteiger partial charge in [0, 0.05) is 25.4 Å². The molecule has 4 rings (SSSR count). The van der Waals surface area contributed by atoms with E-state index in [1.165, 1.54) is 5.56 Å². The lowest BCUT2D eigenvalue weighted by atomic mass is 9.98. The second-order valence-electron chi connectivity index (χ2n) is 7.28. The number of carbonyl (C=O) groups is 2. The molecule has 2 aromatic carbocycles. The number of amides is 2. The largest absolute Gasteiger partial charge is 0.368 e. The Bertz CT molecular complexity index is 893. The molecule has 2 aromatic rings. The van der Waals surface area contributed by atoms with Gasteiger partial charge in [-0.2, -0.15) is 0 Å². The van der Waals surface area contributed by atoms with Gasteiger partial charge in [-0.15, -0.1) is 0 Å². The molecule has 0 saturated carbocycles. The maximum atomic E-state index is 12.8. The van der Waals surface area contributed by atoms with Crippen LogP contribution in [0.1, 0.15) is 40.7 Å². The van der Waals surface area contributed by atoms with Gasteiger partial charge >= 0.3 is 0 Å². The third kappa shape index (κ3) is 4.05. The Morgan fingerprint density at radius 3 is 2.75 bits per heavy atom. The van der Waals surface area contributed by atoms with E-state index in [1.54, 1.807) is 24.3 Å². The number of ether oxygens (including phenoxy) is 1. The van der Waals surface area contributed by atoms with Gasteiger partial charge in [-0.25, -0.2) is 0 Å². The average Bonchev–Trinajstić information content (AvgIpc) is 2.73. The van der Waals surface area contributed by atoms with E-state index in [2.05, 4.69) is 5.32 Å². The zero-order valence-corrected chi connectivity index (χ0v) is 16.4. The van der Waals surface area contributed by atoms with E-state index in [4.69, 9.17) is 16.3 Å². The lowest BCUT2D eigenvalue weighted by molar-refractivity contribution is -0.147. The number of nitrogens with one attached hydrogen (secondary N) is 1. The average molecular weight is 399 g/mol. The van der Waals surface area contributed by atoms with E-state index in [0.717, 1.165) is 31.2 Å². The van der Waals surface area contributed by atoms with Crippen molar-refractivity contribution in [1.82, 2.24) is 4.90 Å². The third-order valence-electron chi connectivity index (χ3n) is 5.36. The second kappa shape index (κ2) is 8.33. The summed E-state index contributed by atoms with van der Waals surface area (Å²) in [5, 5.41) is 3.32. The number of hydrogen-bond acceptors (Lipinski definition) is 3. The zero-order chi connectivity index (χ0) is 19.5. The smallest absolute Gasteiger partial charge is 0.257 e. The van der Waals surface area contributed by atoms with Crippen LogP contribution in [0.3, 0.4) is 0 Å². The first-order valence-corrected chi connectivity index (χ1v) is 10.1. The Labute approximate surface area is 169 Å². The van der Waals surface area contributed by atoms with Gasteiger partial charge in [-0.3, -0.25) is 9.59 Å². The first-order chi connectivity index (χ1) is 13.6. The topological polar surface area (TPSA) is 58.6 Å². The van der Waals surface area contributed by atoms with Crippen LogP contribution < -0.4 is 5.32 Å². The summed E-state index contributed by atoms with van der Waals surface area (Å²) in [5.41, 5.74) is 3.41. The minimum Gasteiger partial charge on any atom is -0.368 e. The fraction of sp³-hybridized carbons (Fsp3) is 0.364. The lowest BCUT2D eigenvalue weighted by Gasteiger charge is -2.33. The SMILES string of the molecule is O=C(Nc1ccc2c(c1)CN(C(=O)[C@@H]1CCCCO1)CC2)c1ccccc1Cl. The number of hydrogen-bond donors (Lipinski definition) is 1. The van der Waals surface area contributed by atoms with Crippen molar-refractivity contribution in [3.05, 3.63) is 64.2 Å². The van der Waals surface area contributed by atoms with Crippen LogP contribution in [0, 0.1) is 0 Å². The van der Waals surface area contributed by atoms with E-state index in [9.17, 15) is 9.59 Å². The van der Waals surface area contributed by atoms with Crippen molar-refractivity contribution in [1.29, 1.82) is 0 Å². The van der Waals surface area contributed by atoms with Gasteiger partial charge in [-0.1, -0.05) is 29.8 Å². The Kier molecular flexibility index (Phi) is 5.64. The molecule has 1 saturated heterocycles. The van der Waals surface area contributed by atoms with Crippen LogP contribution in [0.2, 0.25) is 5.02 Å². The van der Waals surface area contributed by atoms with Crippen LogP contribution in [0.4, 0.5) is 5.69 Å². The summed E-state index contributed by atoms with van der Waals surface area (Å²) in [6.45, 7) is 1.92. The van der Waals surface area contributed by atoms with E-state index in [-0.39, 0.29) is 17.9 Å². The molecule has 0 aliphatic carbocycles. The molecule has 5 nitrogen and oxygen atoms in total. The van der Waals surface area contributed by atoms with E-state index in [0.29, 0.717) is 36.0 Å². The van der Waals surface area contributed by atoms with Crippen molar-refractivity contribution in [2.45, 2.75) is 38.3 Å². The van der Waals surface area contributed by atoms with Gasteiger partial charge in [0.15, 0.2) is 0 Å². The molecule has 0 bridgehead atoms. The zero-order valence-electron chi connectivity index (χ0n) is 15.6. The van der Waals surface area contributed by atoms with Crippen molar-refractivity contribution in [2.24, 2.45) is 0 Å². The molecule has 2 aliphatic rings. The van der Waals surface area contributed by atoms with Crippen molar-refractivity contribution in [2.75, 3.05) is 18.5 Å². The monoisotopic (exact) mass is 398 g/mol. The Morgan fingerprint density at radius 1 is 1.11 bits per heavy atom. The normalized spacial score (nSPS) is 19.0. The first-order valence-electron chi connectivity index (χ1n) is 9.70. The minimum atomic E-state index is -0.307. The molecule has 1 N–H and O–H groups in total. The Morgan fingerprint density at radius 2 is 1.96 bits per heavy atom. The van der Waals surface area contributed by atoms with Crippen LogP contribution in [0.15, 0.2) is 42.5 Å². The molecule has 146 valence electrons. The molecule has 0 unspecified atom stereocenters. The van der Waals surface area contributed by atoms with E-state index in [1.807, 2.05) is 23.1 Å². The highest BCUT2D eigenvalue weighted by atomic mass is 35.5. The maximum absolute atomic E-state index is 12.8. The standard InChI is InChI=1S/C22H23ClN2O3/c23-19-6-2-1-5-18(19)21(26)24-17-9-8-15-10-11-25(14-16(15)13-17)22(27)20-7-3-4-12-28-20/h1-2,5-6,8-9,13,20H,3-4,7,10-12,14H2,(H,24,26)/t20-/m0/s1. The first kappa shape index (κ1) is 19.0. The fourth-order valence-electron chi connectivity index (χ4n) is 3.81. The van der Waals surface area contributed by atoms with Crippen molar-refractivity contribution in [3.8, 4) is 0 Å². The summed E-state index contributed by atoms with van der Waals surface area (Å²) in [6.07, 6.45) is 3.38. The van der Waals surface area contributed by atoms with Gasteiger partial charge in [0.1, 0.15) is 6.10 Å². The maximum Gasteiger partial charge on any atom is 0.257 e. The number of rotatable bonds is 3. The minimum absolute atomic E-state index is 0.0795. The fourth-order valence-corrected chi connectivity index (χ4v) is 4.03. The van der Waals surface area contributed by atoms with Crippen LogP contribution in [-0.2, 0) is 22.5 Å². The number of nitrogens with zero attached hydrogens (tertiary/aromatic N) is 1. The van der Waals surface area contributed by atoms with E-state index < -0.39 is 0 Å². The summed E-state index contributed by atoms with van der Waals surface area (Å²) >= 11 is 6.11. The molecule has 2 amide bonds. The summed E-state index contributed by atoms with van der Waals surface area (Å²) in [6, 6.07) is 12.8. The van der Waals surface area contributed by atoms with Gasteiger partial charge in [0.25, 0.3) is 11.8 Å². The van der Waals surface area contributed by atoms with Crippen molar-refractivity contribution in [3.63, 3.8) is 0 Å². The molecule has 1 fully saturated rings. The lowest BCUT2D eigenvalue weighted by Crippen LogP contribution is -2.44. The quantitative estimate of drug-likeness (QED) is 0.848. The predicted octanol–water partition coefficient (Wildman–Crippen LogP) is 4.05. The van der Waals surface area contributed by atoms with Crippen LogP contribution in [-0.4, -0.2) is 36.0 Å². The van der Waals surface area contributed by atoms with Crippen molar-refractivity contribution >= 4 is 29.1 Å². The van der Waals surface area contributed by atoms with Gasteiger partial charge in [-0.05, 0) is 61.1 Å². The summed E-state index contributed by atoms with van der Waals surface area (Å²) in [5.74, 6) is -0.166. The number of benzene rings is 2. The molecule has 28 heavy (non-hydrogen) atoms. The molecular formula is C22H23ClN2O3. The molecule has 0 radical (unpaired) electrons. The molecule has 2 heterocycles. The molecule has 1 atom stereocenters. The highest BCUT2D eigenvalue weighted by molar-refractivity contribution is 6.34. The van der Waals surface area contributed by atoms with Gasteiger partial charge in [0.05, 0.1) is 10.6 Å². The second-order valence-corrected chi connectivity index (χ2v) is 7.69. The Hall–Kier alpha value is -2.37. The molecule has 0 spiro atoms. The van der Waals surface area contributed by atoms with Crippen LogP contribution >= 0.6 is 11.6 Å². The molecule has 0 aromatic heterocycles. The highest BCUT2D eigenvalue weighted by Crippen LogP contribution is 2.25. The van der Waals surface area contributed by atoms with E-state index >= 15 is 0 Å². The molecule has 6 heteroatoms. The predicted molar refractivity (Wildman–Crippen MR) is 109 cm³/mol. The van der Waals surface area contributed by atoms with Gasteiger partial charge in [0.2, 0.25) is 0 Å². The number of carbonyl (C=O) groups excluding carboxylic acids is 2. The van der Waals surface area contributed by atoms with Crippen LogP contribution in [0.25, 0.3) is 0 Å². The van der Waals surface area contributed by atoms with Gasteiger partial charge < -0.3 is 15.0 Å². The van der Waals surface area contributed by atoms with Crippen molar-refractivity contribution < 1.29 is 14.3 Å². The molecule has 2 aliphatic heterocycles. The highest BCUT2D eigenvalue weighted by Gasteiger charge is 2.29. The number of anilines is 1. The Balaban J connectivity index is 1.47. The number of halogens is 1. The summed E-state index contributed by atoms with van der Waals surface area (Å²) in [4.78, 5) is 27.1.